The van der Waals surface area contributed by atoms with Gasteiger partial charge < -0.3 is 15.0 Å². The standard InChI is InChI=1S/C27H29N3O3/c1-2-28-26(32)25-22(17-31)21-16-29-23(24(21)30(25)15-18-9-5-3-6-10-18)14-13-20(27(29)33)19-11-7-4-8-12-19/h3-14,21-22,24-25,31H,2,15-17H2,1H3,(H,28,32)/t21-,22-,24+,25-/m0/s1. The molecule has 6 heteroatoms. The molecule has 33 heavy (non-hydrogen) atoms. The fourth-order valence-corrected chi connectivity index (χ4v) is 5.70. The predicted octanol–water partition coefficient (Wildman–Crippen LogP) is 2.82. The van der Waals surface area contributed by atoms with Gasteiger partial charge in [0.05, 0.1) is 12.1 Å². The fourth-order valence-electron chi connectivity index (χ4n) is 5.70. The second-order valence-corrected chi connectivity index (χ2v) is 8.91. The number of nitrogens with one attached hydrogen (secondary N) is 1. The van der Waals surface area contributed by atoms with Crippen molar-refractivity contribution < 1.29 is 9.90 Å². The van der Waals surface area contributed by atoms with Crippen LogP contribution in [0.2, 0.25) is 0 Å². The largest absolute Gasteiger partial charge is 0.396 e. The van der Waals surface area contributed by atoms with E-state index in [0.29, 0.717) is 25.2 Å². The molecule has 3 heterocycles. The van der Waals surface area contributed by atoms with Crippen molar-refractivity contribution in [3.05, 3.63) is 94.4 Å². The van der Waals surface area contributed by atoms with Gasteiger partial charge in [0.1, 0.15) is 0 Å². The molecule has 1 aromatic heterocycles. The second kappa shape index (κ2) is 8.96. The van der Waals surface area contributed by atoms with Crippen molar-refractivity contribution in [2.75, 3.05) is 13.2 Å². The lowest BCUT2D eigenvalue weighted by molar-refractivity contribution is -0.127. The number of amides is 1. The number of hydrogen-bond donors (Lipinski definition) is 2. The van der Waals surface area contributed by atoms with Crippen LogP contribution in [0.1, 0.15) is 24.2 Å². The lowest BCUT2D eigenvalue weighted by Crippen LogP contribution is -2.48. The lowest BCUT2D eigenvalue weighted by Gasteiger charge is -2.30. The SMILES string of the molecule is CCNC(=O)[C@@H]1[C@@H](CO)[C@@H]2Cn3c(ccc(-c4ccccc4)c3=O)[C@@H]2N1Cc1ccccc1. The predicted molar refractivity (Wildman–Crippen MR) is 127 cm³/mol. The number of hydrogen-bond acceptors (Lipinski definition) is 4. The Bertz CT molecular complexity index is 1190. The molecule has 2 aliphatic rings. The maximum Gasteiger partial charge on any atom is 0.258 e. The van der Waals surface area contributed by atoms with E-state index in [1.54, 1.807) is 0 Å². The summed E-state index contributed by atoms with van der Waals surface area (Å²) in [5.74, 6) is -0.313. The molecule has 0 spiro atoms. The molecular weight excluding hydrogens is 414 g/mol. The average Bonchev–Trinajstić information content (AvgIpc) is 3.36. The summed E-state index contributed by atoms with van der Waals surface area (Å²) < 4.78 is 1.85. The van der Waals surface area contributed by atoms with Crippen LogP contribution in [0.15, 0.2) is 77.6 Å². The van der Waals surface area contributed by atoms with E-state index in [1.165, 1.54) is 0 Å². The number of benzene rings is 2. The van der Waals surface area contributed by atoms with Crippen LogP contribution in [-0.2, 0) is 17.9 Å². The van der Waals surface area contributed by atoms with Crippen LogP contribution in [0, 0.1) is 11.8 Å². The smallest absolute Gasteiger partial charge is 0.258 e. The number of carbonyl (C=O) groups excluding carboxylic acids is 1. The second-order valence-electron chi connectivity index (χ2n) is 8.91. The van der Waals surface area contributed by atoms with Gasteiger partial charge in [0.15, 0.2) is 0 Å². The molecule has 0 radical (unpaired) electrons. The highest BCUT2D eigenvalue weighted by atomic mass is 16.3. The Morgan fingerprint density at radius 2 is 1.73 bits per heavy atom. The van der Waals surface area contributed by atoms with Gasteiger partial charge in [-0.3, -0.25) is 14.5 Å². The van der Waals surface area contributed by atoms with E-state index in [0.717, 1.165) is 16.8 Å². The van der Waals surface area contributed by atoms with Crippen LogP contribution < -0.4 is 10.9 Å². The summed E-state index contributed by atoms with van der Waals surface area (Å²) in [5.41, 5.74) is 3.58. The molecule has 2 aliphatic heterocycles. The maximum absolute atomic E-state index is 13.5. The first-order valence-electron chi connectivity index (χ1n) is 11.6. The van der Waals surface area contributed by atoms with E-state index in [2.05, 4.69) is 22.3 Å². The van der Waals surface area contributed by atoms with E-state index >= 15 is 0 Å². The summed E-state index contributed by atoms with van der Waals surface area (Å²) in [6, 6.07) is 23.1. The van der Waals surface area contributed by atoms with Crippen molar-refractivity contribution in [2.24, 2.45) is 11.8 Å². The topological polar surface area (TPSA) is 74.6 Å². The van der Waals surface area contributed by atoms with E-state index in [4.69, 9.17) is 0 Å². The van der Waals surface area contributed by atoms with Crippen molar-refractivity contribution in [3.63, 3.8) is 0 Å². The van der Waals surface area contributed by atoms with Crippen molar-refractivity contribution in [3.8, 4) is 11.1 Å². The first-order chi connectivity index (χ1) is 16.1. The minimum Gasteiger partial charge on any atom is -0.396 e. The number of likely N-dealkylation sites (N-methyl/N-ethyl adjacent to an activating group) is 1. The monoisotopic (exact) mass is 443 g/mol. The summed E-state index contributed by atoms with van der Waals surface area (Å²) in [5, 5.41) is 13.3. The molecule has 5 rings (SSSR count). The normalized spacial score (nSPS) is 23.8. The highest BCUT2D eigenvalue weighted by molar-refractivity contribution is 5.82. The molecule has 3 aromatic rings. The molecular formula is C27H29N3O3. The third-order valence-corrected chi connectivity index (χ3v) is 7.10. The highest BCUT2D eigenvalue weighted by Crippen LogP contribution is 2.49. The third kappa shape index (κ3) is 3.69. The highest BCUT2D eigenvalue weighted by Gasteiger charge is 2.55. The Morgan fingerprint density at radius 3 is 2.39 bits per heavy atom. The number of aliphatic hydroxyl groups excluding tert-OH is 1. The minimum absolute atomic E-state index is 0.00922. The Morgan fingerprint density at radius 1 is 1.03 bits per heavy atom. The van der Waals surface area contributed by atoms with E-state index < -0.39 is 6.04 Å². The molecule has 1 saturated heterocycles. The zero-order chi connectivity index (χ0) is 22.9. The third-order valence-electron chi connectivity index (χ3n) is 7.10. The summed E-state index contributed by atoms with van der Waals surface area (Å²) in [4.78, 5) is 28.8. The summed E-state index contributed by atoms with van der Waals surface area (Å²) in [6.07, 6.45) is 0. The Labute approximate surface area is 193 Å². The van der Waals surface area contributed by atoms with Crippen molar-refractivity contribution in [2.45, 2.75) is 32.1 Å². The Kier molecular flexibility index (Phi) is 5.87. The van der Waals surface area contributed by atoms with Crippen molar-refractivity contribution in [1.82, 2.24) is 14.8 Å². The van der Waals surface area contributed by atoms with Gasteiger partial charge >= 0.3 is 0 Å². The minimum atomic E-state index is -0.442. The molecule has 170 valence electrons. The molecule has 2 N–H and O–H groups in total. The molecule has 1 amide bonds. The van der Waals surface area contributed by atoms with Crippen LogP contribution in [0.4, 0.5) is 0 Å². The molecule has 0 unspecified atom stereocenters. The quantitative estimate of drug-likeness (QED) is 0.615. The van der Waals surface area contributed by atoms with E-state index in [1.807, 2.05) is 72.2 Å². The molecule has 6 nitrogen and oxygen atoms in total. The zero-order valence-corrected chi connectivity index (χ0v) is 18.7. The molecule has 0 saturated carbocycles. The maximum atomic E-state index is 13.5. The van der Waals surface area contributed by atoms with Crippen LogP contribution in [-0.4, -0.2) is 39.7 Å². The van der Waals surface area contributed by atoms with Gasteiger partial charge in [0, 0.05) is 49.3 Å². The Balaban J connectivity index is 1.59. The van der Waals surface area contributed by atoms with Crippen LogP contribution >= 0.6 is 0 Å². The first kappa shape index (κ1) is 21.6. The number of nitrogens with zero attached hydrogens (tertiary/aromatic N) is 2. The van der Waals surface area contributed by atoms with Crippen LogP contribution in [0.3, 0.4) is 0 Å². The van der Waals surface area contributed by atoms with Gasteiger partial charge in [-0.25, -0.2) is 0 Å². The number of pyridine rings is 1. The molecule has 2 aromatic carbocycles. The average molecular weight is 444 g/mol. The van der Waals surface area contributed by atoms with Crippen LogP contribution in [0.25, 0.3) is 11.1 Å². The number of carbonyl (C=O) groups is 1. The molecule has 0 aliphatic carbocycles. The van der Waals surface area contributed by atoms with Gasteiger partial charge in [-0.15, -0.1) is 0 Å². The number of aliphatic hydroxyl groups is 1. The van der Waals surface area contributed by atoms with Crippen molar-refractivity contribution >= 4 is 5.91 Å². The molecule has 1 fully saturated rings. The number of fused-ring (bicyclic) bond motifs is 3. The van der Waals surface area contributed by atoms with E-state index in [-0.39, 0.29) is 36.0 Å². The van der Waals surface area contributed by atoms with Gasteiger partial charge in [-0.2, -0.15) is 0 Å². The van der Waals surface area contributed by atoms with Crippen molar-refractivity contribution in [1.29, 1.82) is 0 Å². The lowest BCUT2D eigenvalue weighted by atomic mass is 9.88. The Hall–Kier alpha value is -3.22. The van der Waals surface area contributed by atoms with E-state index in [9.17, 15) is 14.7 Å². The fraction of sp³-hybridized carbons (Fsp3) is 0.333. The molecule has 4 atom stereocenters. The van der Waals surface area contributed by atoms with Gasteiger partial charge in [-0.1, -0.05) is 60.7 Å². The molecule has 0 bridgehead atoms. The number of likely N-dealkylation sites (tertiary alicyclic amines) is 1. The number of rotatable bonds is 6. The van der Waals surface area contributed by atoms with Gasteiger partial charge in [0.2, 0.25) is 5.91 Å². The van der Waals surface area contributed by atoms with Gasteiger partial charge in [0.25, 0.3) is 5.56 Å². The zero-order valence-electron chi connectivity index (χ0n) is 18.7. The summed E-state index contributed by atoms with van der Waals surface area (Å²) in [7, 11) is 0. The number of aromatic nitrogens is 1. The van der Waals surface area contributed by atoms with Crippen LogP contribution in [0.5, 0.6) is 0 Å². The van der Waals surface area contributed by atoms with Gasteiger partial charge in [-0.05, 0) is 30.2 Å². The first-order valence-corrected chi connectivity index (χ1v) is 11.6. The summed E-state index contributed by atoms with van der Waals surface area (Å²) in [6.45, 7) is 3.44. The summed E-state index contributed by atoms with van der Waals surface area (Å²) >= 11 is 0.